The number of hydrogen-bond donors (Lipinski definition) is 0. The summed E-state index contributed by atoms with van der Waals surface area (Å²) in [5.41, 5.74) is 0.402. The molecule has 0 fully saturated rings. The average Bonchev–Trinajstić information content (AvgIpc) is 2.50. The summed E-state index contributed by atoms with van der Waals surface area (Å²) in [5.74, 6) is 0.670. The van der Waals surface area contributed by atoms with E-state index in [-0.39, 0.29) is 0 Å². The molecular weight excluding hydrogens is 178 g/mol. The smallest absolute Gasteiger partial charge is 0.185 e. The van der Waals surface area contributed by atoms with E-state index in [0.29, 0.717) is 11.5 Å². The molecule has 1 aromatic heterocycles. The molecule has 2 rings (SSSR count). The van der Waals surface area contributed by atoms with E-state index in [2.05, 4.69) is 21.8 Å². The molecule has 0 aliphatic carbocycles. The van der Waals surface area contributed by atoms with Crippen LogP contribution in [0.15, 0.2) is 11.3 Å². The zero-order chi connectivity index (χ0) is 9.97. The summed E-state index contributed by atoms with van der Waals surface area (Å²) in [5, 5.41) is 8.78. The molecule has 1 aliphatic heterocycles. The fraction of sp³-hybridized carbons (Fsp3) is 0.444. The number of nitrogens with zero attached hydrogens (tertiary/aromatic N) is 5. The number of rotatable bonds is 1. The van der Waals surface area contributed by atoms with Crippen LogP contribution >= 0.6 is 0 Å². The van der Waals surface area contributed by atoms with Crippen LogP contribution in [0.4, 0.5) is 5.82 Å². The average molecular weight is 189 g/mol. The van der Waals surface area contributed by atoms with Gasteiger partial charge in [0.1, 0.15) is 6.07 Å². The van der Waals surface area contributed by atoms with Crippen molar-refractivity contribution in [3.05, 3.63) is 12.0 Å². The van der Waals surface area contributed by atoms with Gasteiger partial charge in [0, 0.05) is 19.6 Å². The van der Waals surface area contributed by atoms with Gasteiger partial charge in [-0.2, -0.15) is 5.26 Å². The van der Waals surface area contributed by atoms with Crippen molar-refractivity contribution in [1.82, 2.24) is 14.5 Å². The summed E-state index contributed by atoms with van der Waals surface area (Å²) in [6.07, 6.45) is 3.45. The van der Waals surface area contributed by atoms with Crippen molar-refractivity contribution >= 4 is 12.2 Å². The Labute approximate surface area is 82.3 Å². The highest BCUT2D eigenvalue weighted by atomic mass is 15.2. The monoisotopic (exact) mass is 189 g/mol. The maximum Gasteiger partial charge on any atom is 0.185 e. The molecular formula is C9H11N5. The molecule has 1 aromatic rings. The molecule has 72 valence electrons. The van der Waals surface area contributed by atoms with Gasteiger partial charge in [0.15, 0.2) is 11.5 Å². The second-order valence-corrected chi connectivity index (χ2v) is 3.10. The molecule has 0 aromatic carbocycles. The number of aromatic nitrogens is 2. The van der Waals surface area contributed by atoms with Crippen LogP contribution in [-0.2, 0) is 6.54 Å². The Morgan fingerprint density at radius 2 is 2.43 bits per heavy atom. The van der Waals surface area contributed by atoms with Gasteiger partial charge in [-0.25, -0.2) is 9.98 Å². The van der Waals surface area contributed by atoms with Gasteiger partial charge in [-0.3, -0.25) is 0 Å². The van der Waals surface area contributed by atoms with E-state index in [9.17, 15) is 0 Å². The van der Waals surface area contributed by atoms with Gasteiger partial charge in [-0.15, -0.1) is 0 Å². The molecule has 0 saturated heterocycles. The van der Waals surface area contributed by atoms with Crippen molar-refractivity contribution in [3.63, 3.8) is 0 Å². The maximum absolute atomic E-state index is 8.78. The zero-order valence-corrected chi connectivity index (χ0v) is 8.01. The largest absolute Gasteiger partial charge is 0.361 e. The van der Waals surface area contributed by atoms with Crippen LogP contribution in [0.2, 0.25) is 0 Å². The molecule has 1 aliphatic rings. The SMILES string of the molecule is CCN1C=Nc2c(C#N)ncn2CC1. The van der Waals surface area contributed by atoms with Gasteiger partial charge in [0.05, 0.1) is 12.7 Å². The molecule has 0 saturated carbocycles. The molecule has 0 radical (unpaired) electrons. The van der Waals surface area contributed by atoms with E-state index in [0.717, 1.165) is 19.6 Å². The summed E-state index contributed by atoms with van der Waals surface area (Å²) in [6.45, 7) is 4.76. The van der Waals surface area contributed by atoms with Gasteiger partial charge in [-0.05, 0) is 6.92 Å². The fourth-order valence-electron chi connectivity index (χ4n) is 1.42. The first-order valence-corrected chi connectivity index (χ1v) is 4.58. The van der Waals surface area contributed by atoms with Crippen molar-refractivity contribution in [1.29, 1.82) is 5.26 Å². The van der Waals surface area contributed by atoms with E-state index < -0.39 is 0 Å². The van der Waals surface area contributed by atoms with Crippen LogP contribution in [0, 0.1) is 11.3 Å². The molecule has 0 spiro atoms. The highest BCUT2D eigenvalue weighted by Crippen LogP contribution is 2.18. The summed E-state index contributed by atoms with van der Waals surface area (Å²) in [6, 6.07) is 2.03. The molecule has 5 nitrogen and oxygen atoms in total. The highest BCUT2D eigenvalue weighted by Gasteiger charge is 2.12. The first-order chi connectivity index (χ1) is 6.85. The lowest BCUT2D eigenvalue weighted by atomic mass is 10.4. The predicted octanol–water partition coefficient (Wildman–Crippen LogP) is 0.750. The number of aliphatic imine (C=N–C) groups is 1. The van der Waals surface area contributed by atoms with Crippen LogP contribution in [0.3, 0.4) is 0 Å². The first-order valence-electron chi connectivity index (χ1n) is 4.58. The minimum atomic E-state index is 0.402. The summed E-state index contributed by atoms with van der Waals surface area (Å²) < 4.78 is 1.91. The number of fused-ring (bicyclic) bond motifs is 1. The molecule has 0 amide bonds. The van der Waals surface area contributed by atoms with Crippen molar-refractivity contribution in [2.75, 3.05) is 13.1 Å². The normalized spacial score (nSPS) is 14.7. The molecule has 0 N–H and O–H groups in total. The van der Waals surface area contributed by atoms with E-state index >= 15 is 0 Å². The summed E-state index contributed by atoms with van der Waals surface area (Å²) in [4.78, 5) is 10.3. The van der Waals surface area contributed by atoms with E-state index in [1.165, 1.54) is 0 Å². The van der Waals surface area contributed by atoms with Crippen LogP contribution in [-0.4, -0.2) is 33.9 Å². The standard InChI is InChI=1S/C9H11N5/c1-2-13-3-4-14-7-11-8(5-10)9(14)12-6-13/h6-7H,2-4H2,1H3. The number of imidazole rings is 1. The summed E-state index contributed by atoms with van der Waals surface area (Å²) >= 11 is 0. The Morgan fingerprint density at radius 1 is 1.57 bits per heavy atom. The third-order valence-corrected chi connectivity index (χ3v) is 2.29. The minimum Gasteiger partial charge on any atom is -0.361 e. The lowest BCUT2D eigenvalue weighted by Crippen LogP contribution is -2.23. The summed E-state index contributed by atoms with van der Waals surface area (Å²) in [7, 11) is 0. The molecule has 5 heteroatoms. The fourth-order valence-corrected chi connectivity index (χ4v) is 1.42. The number of hydrogen-bond acceptors (Lipinski definition) is 4. The Kier molecular flexibility index (Phi) is 2.19. The van der Waals surface area contributed by atoms with E-state index in [1.54, 1.807) is 12.7 Å². The third-order valence-electron chi connectivity index (χ3n) is 2.29. The number of likely N-dealkylation sites (N-methyl/N-ethyl adjacent to an activating group) is 1. The van der Waals surface area contributed by atoms with Crippen molar-refractivity contribution in [2.24, 2.45) is 4.99 Å². The predicted molar refractivity (Wildman–Crippen MR) is 52.3 cm³/mol. The van der Waals surface area contributed by atoms with E-state index in [1.807, 2.05) is 10.6 Å². The van der Waals surface area contributed by atoms with Crippen LogP contribution in [0.1, 0.15) is 12.6 Å². The van der Waals surface area contributed by atoms with Crippen molar-refractivity contribution in [2.45, 2.75) is 13.5 Å². The minimum absolute atomic E-state index is 0.402. The molecule has 0 unspecified atom stereocenters. The third kappa shape index (κ3) is 1.35. The van der Waals surface area contributed by atoms with Gasteiger partial charge >= 0.3 is 0 Å². The molecule has 0 bridgehead atoms. The Hall–Kier alpha value is -1.83. The lowest BCUT2D eigenvalue weighted by Gasteiger charge is -2.13. The van der Waals surface area contributed by atoms with Gasteiger partial charge in [-0.1, -0.05) is 0 Å². The van der Waals surface area contributed by atoms with Crippen LogP contribution in [0.25, 0.3) is 0 Å². The lowest BCUT2D eigenvalue weighted by molar-refractivity contribution is 0.432. The zero-order valence-electron chi connectivity index (χ0n) is 8.01. The van der Waals surface area contributed by atoms with Gasteiger partial charge < -0.3 is 9.47 Å². The maximum atomic E-state index is 8.78. The second kappa shape index (κ2) is 3.50. The molecule has 2 heterocycles. The Morgan fingerprint density at radius 3 is 3.14 bits per heavy atom. The molecule has 0 atom stereocenters. The second-order valence-electron chi connectivity index (χ2n) is 3.10. The Balaban J connectivity index is 2.36. The van der Waals surface area contributed by atoms with Crippen LogP contribution in [0.5, 0.6) is 0 Å². The number of nitriles is 1. The quantitative estimate of drug-likeness (QED) is 0.655. The Bertz CT molecular complexity index is 398. The van der Waals surface area contributed by atoms with Crippen molar-refractivity contribution < 1.29 is 0 Å². The molecule has 14 heavy (non-hydrogen) atoms. The first kappa shape index (κ1) is 8.75. The van der Waals surface area contributed by atoms with E-state index in [4.69, 9.17) is 5.26 Å². The van der Waals surface area contributed by atoms with Crippen LogP contribution < -0.4 is 0 Å². The van der Waals surface area contributed by atoms with Gasteiger partial charge in [0.2, 0.25) is 0 Å². The highest BCUT2D eigenvalue weighted by molar-refractivity contribution is 5.63. The van der Waals surface area contributed by atoms with Crippen molar-refractivity contribution in [3.8, 4) is 6.07 Å². The van der Waals surface area contributed by atoms with Gasteiger partial charge in [0.25, 0.3) is 0 Å². The topological polar surface area (TPSA) is 57.2 Å².